The Kier molecular flexibility index (Phi) is 14.8. The Labute approximate surface area is 178 Å². The molecule has 1 radical (unpaired) electrons. The molecule has 0 heterocycles. The molecule has 0 spiro atoms. The first-order valence-electron chi connectivity index (χ1n) is 8.99. The van der Waals surface area contributed by atoms with Gasteiger partial charge in [-0.2, -0.15) is 0 Å². The Morgan fingerprint density at radius 2 is 0.741 bits per heavy atom. The van der Waals surface area contributed by atoms with Crippen LogP contribution < -0.4 is 0 Å². The van der Waals surface area contributed by atoms with Crippen molar-refractivity contribution in [1.29, 1.82) is 0 Å². The molecule has 0 saturated heterocycles. The maximum atomic E-state index is 4.24. The third-order valence-electron chi connectivity index (χ3n) is 1.91. The van der Waals surface area contributed by atoms with Crippen molar-refractivity contribution in [2.75, 3.05) is 0 Å². The first-order valence-corrected chi connectivity index (χ1v) is 8.99. The number of hydrogen-bond donors (Lipinski definition) is 0. The van der Waals surface area contributed by atoms with Crippen molar-refractivity contribution in [3.8, 4) is 0 Å². The van der Waals surface area contributed by atoms with Crippen LogP contribution in [0, 0.1) is 0 Å². The van der Waals surface area contributed by atoms with Crippen LogP contribution in [0.4, 0.5) is 0 Å². The van der Waals surface area contributed by atoms with E-state index in [1.165, 1.54) is 0 Å². The zero-order valence-corrected chi connectivity index (χ0v) is 20.6. The maximum Gasteiger partial charge on any atom is 2.00 e. The molecule has 0 fully saturated rings. The molecule has 0 aromatic rings. The van der Waals surface area contributed by atoms with E-state index in [4.69, 9.17) is 0 Å². The number of hydrogen-bond acceptors (Lipinski definition) is 4. The SMILES string of the molecule is CC(C)(C)N=CC=N[N-]C(C)(C)C.CC(C)(C)N=CC=N[N-]C(C)(C)C.[Mn+2]. The van der Waals surface area contributed by atoms with Crippen molar-refractivity contribution < 1.29 is 17.1 Å². The van der Waals surface area contributed by atoms with Crippen LogP contribution in [-0.4, -0.2) is 47.0 Å². The largest absolute Gasteiger partial charge is 2.00 e. The van der Waals surface area contributed by atoms with E-state index in [9.17, 15) is 0 Å². The van der Waals surface area contributed by atoms with Crippen molar-refractivity contribution in [1.82, 2.24) is 0 Å². The van der Waals surface area contributed by atoms with E-state index < -0.39 is 0 Å². The number of aliphatic imine (C=N–C) groups is 2. The molecule has 0 aromatic heterocycles. The first kappa shape index (κ1) is 30.5. The van der Waals surface area contributed by atoms with Crippen molar-refractivity contribution in [2.24, 2.45) is 20.2 Å². The topological polar surface area (TPSA) is 77.6 Å². The molecule has 0 bridgehead atoms. The van der Waals surface area contributed by atoms with Gasteiger partial charge in [0, 0.05) is 24.9 Å². The quantitative estimate of drug-likeness (QED) is 0.303. The molecule has 0 rings (SSSR count). The van der Waals surface area contributed by atoms with Gasteiger partial charge in [0.15, 0.2) is 0 Å². The standard InChI is InChI=1S/2C10H20N3.Mn/c2*1-9(2,3)11-7-8-12-13-10(4,5)6;/h2*7-8H,1-6H3;/q2*-1;+2. The van der Waals surface area contributed by atoms with Gasteiger partial charge in [0.1, 0.15) is 0 Å². The molecule has 157 valence electrons. The summed E-state index contributed by atoms with van der Waals surface area (Å²) in [5.41, 5.74) is 7.83. The zero-order chi connectivity index (χ0) is 21.1. The average molecular weight is 420 g/mol. The molecule has 6 nitrogen and oxygen atoms in total. The summed E-state index contributed by atoms with van der Waals surface area (Å²) in [6.07, 6.45) is 6.62. The third-order valence-corrected chi connectivity index (χ3v) is 1.91. The Bertz CT molecular complexity index is 435. The van der Waals surface area contributed by atoms with E-state index >= 15 is 0 Å². The maximum absolute atomic E-state index is 4.24. The van der Waals surface area contributed by atoms with Crippen LogP contribution in [0.5, 0.6) is 0 Å². The average Bonchev–Trinajstić information content (AvgIpc) is 2.33. The summed E-state index contributed by atoms with van der Waals surface area (Å²) in [6.45, 7) is 24.3. The number of rotatable bonds is 4. The summed E-state index contributed by atoms with van der Waals surface area (Å²) in [6, 6.07) is 0. The fraction of sp³-hybridized carbons (Fsp3) is 0.800. The van der Waals surface area contributed by atoms with Crippen LogP contribution in [0.3, 0.4) is 0 Å². The molecular weight excluding hydrogens is 379 g/mol. The van der Waals surface area contributed by atoms with E-state index in [0.717, 1.165) is 0 Å². The van der Waals surface area contributed by atoms with Crippen LogP contribution in [0.1, 0.15) is 83.1 Å². The fourth-order valence-electron chi connectivity index (χ4n) is 0.987. The second-order valence-corrected chi connectivity index (χ2v) is 9.97. The number of nitrogens with zero attached hydrogens (tertiary/aromatic N) is 6. The van der Waals surface area contributed by atoms with Gasteiger partial charge < -0.3 is 21.1 Å². The third kappa shape index (κ3) is 36.5. The Morgan fingerprint density at radius 3 is 0.926 bits per heavy atom. The normalized spacial score (nSPS) is 13.8. The molecule has 0 aliphatic rings. The van der Waals surface area contributed by atoms with E-state index in [0.29, 0.717) is 0 Å². The van der Waals surface area contributed by atoms with Gasteiger partial charge in [0.05, 0.1) is 11.1 Å². The minimum Gasteiger partial charge on any atom is -0.597 e. The van der Waals surface area contributed by atoms with Crippen molar-refractivity contribution in [2.45, 2.75) is 105 Å². The minimum absolute atomic E-state index is 0. The summed E-state index contributed by atoms with van der Waals surface area (Å²) in [5.74, 6) is 0. The zero-order valence-electron chi connectivity index (χ0n) is 19.4. The monoisotopic (exact) mass is 419 g/mol. The van der Waals surface area contributed by atoms with Crippen LogP contribution in [0.25, 0.3) is 10.9 Å². The van der Waals surface area contributed by atoms with Gasteiger partial charge in [-0.25, -0.2) is 0 Å². The van der Waals surface area contributed by atoms with Crippen molar-refractivity contribution in [3.05, 3.63) is 10.9 Å². The summed E-state index contributed by atoms with van der Waals surface area (Å²) >= 11 is 0. The Hall–Kier alpha value is -1.20. The van der Waals surface area contributed by atoms with Crippen LogP contribution >= 0.6 is 0 Å². The van der Waals surface area contributed by atoms with E-state index in [1.54, 1.807) is 24.9 Å². The molecule has 0 amide bonds. The molecule has 0 N–H and O–H groups in total. The van der Waals surface area contributed by atoms with E-state index in [1.807, 2.05) is 83.1 Å². The van der Waals surface area contributed by atoms with Gasteiger partial charge in [-0.05, 0) is 41.5 Å². The van der Waals surface area contributed by atoms with E-state index in [-0.39, 0.29) is 39.2 Å². The van der Waals surface area contributed by atoms with Gasteiger partial charge in [-0.15, -0.1) is 11.1 Å². The molecule has 0 saturated carbocycles. The molecule has 0 atom stereocenters. The van der Waals surface area contributed by atoms with Gasteiger partial charge in [0.25, 0.3) is 0 Å². The van der Waals surface area contributed by atoms with Crippen molar-refractivity contribution >= 4 is 24.9 Å². The summed E-state index contributed by atoms with van der Waals surface area (Å²) in [4.78, 5) is 8.48. The first-order chi connectivity index (χ1) is 11.4. The second kappa shape index (κ2) is 13.1. The molecule has 27 heavy (non-hydrogen) atoms. The smallest absolute Gasteiger partial charge is 0.597 e. The molecular formula is C20H40MnN6. The van der Waals surface area contributed by atoms with E-state index in [2.05, 4.69) is 31.0 Å². The molecule has 0 aliphatic carbocycles. The minimum atomic E-state index is -0.105. The summed E-state index contributed by atoms with van der Waals surface area (Å²) in [5, 5.41) is 7.79. The van der Waals surface area contributed by atoms with Crippen LogP contribution in [0.2, 0.25) is 0 Å². The van der Waals surface area contributed by atoms with Crippen molar-refractivity contribution in [3.63, 3.8) is 0 Å². The second-order valence-electron chi connectivity index (χ2n) is 9.97. The van der Waals surface area contributed by atoms with Gasteiger partial charge >= 0.3 is 17.1 Å². The Balaban J connectivity index is -0.000000411. The van der Waals surface area contributed by atoms with Crippen LogP contribution in [-0.2, 0) is 17.1 Å². The van der Waals surface area contributed by atoms with Gasteiger partial charge in [-0.3, -0.25) is 9.98 Å². The Morgan fingerprint density at radius 1 is 0.481 bits per heavy atom. The molecule has 0 aromatic carbocycles. The van der Waals surface area contributed by atoms with Gasteiger partial charge in [0.2, 0.25) is 0 Å². The molecule has 7 heteroatoms. The predicted octanol–water partition coefficient (Wildman–Crippen LogP) is 6.02. The molecule has 0 aliphatic heterocycles. The summed E-state index contributed by atoms with van der Waals surface area (Å²) < 4.78 is 0. The van der Waals surface area contributed by atoms with Gasteiger partial charge in [-0.1, -0.05) is 41.5 Å². The fourth-order valence-corrected chi connectivity index (χ4v) is 0.987. The summed E-state index contributed by atoms with van der Waals surface area (Å²) in [7, 11) is 0. The predicted molar refractivity (Wildman–Crippen MR) is 120 cm³/mol. The molecule has 0 unspecified atom stereocenters. The van der Waals surface area contributed by atoms with Crippen LogP contribution in [0.15, 0.2) is 20.2 Å².